The highest BCUT2D eigenvalue weighted by Crippen LogP contribution is 2.31. The fraction of sp³-hybridized carbons (Fsp3) is 0.938. The Hall–Kier alpha value is -0.650. The standard InChI is InChI=1S/C11H20N2O2.C3H9N.C2H6/c1-10-7-12(2)8-11(15-10)3-5-13(9-14)6-4-11;1-4(2)3;1-2/h9-10H,3-8H2,1-2H3;1-3H3;1-2H3. The molecule has 0 radical (unpaired) electrons. The van der Waals surface area contributed by atoms with Crippen molar-refractivity contribution in [2.45, 2.75) is 45.3 Å². The van der Waals surface area contributed by atoms with E-state index in [9.17, 15) is 4.79 Å². The first kappa shape index (κ1) is 20.3. The fourth-order valence-electron chi connectivity index (χ4n) is 2.81. The van der Waals surface area contributed by atoms with Crippen LogP contribution in [0.25, 0.3) is 0 Å². The highest BCUT2D eigenvalue weighted by atomic mass is 16.5. The summed E-state index contributed by atoms with van der Waals surface area (Å²) in [7, 11) is 8.15. The van der Waals surface area contributed by atoms with E-state index >= 15 is 0 Å². The topological polar surface area (TPSA) is 36.0 Å². The summed E-state index contributed by atoms with van der Waals surface area (Å²) in [4.78, 5) is 16.8. The summed E-state index contributed by atoms with van der Waals surface area (Å²) in [5.74, 6) is 0. The van der Waals surface area contributed by atoms with E-state index in [4.69, 9.17) is 4.74 Å². The van der Waals surface area contributed by atoms with E-state index in [1.807, 2.05) is 44.8 Å². The summed E-state index contributed by atoms with van der Waals surface area (Å²) in [6.45, 7) is 9.82. The number of hydrogen-bond acceptors (Lipinski definition) is 4. The molecule has 0 aromatic carbocycles. The lowest BCUT2D eigenvalue weighted by molar-refractivity contribution is -0.166. The number of rotatable bonds is 1. The van der Waals surface area contributed by atoms with Crippen LogP contribution in [-0.2, 0) is 9.53 Å². The molecule has 2 heterocycles. The van der Waals surface area contributed by atoms with Crippen molar-refractivity contribution >= 4 is 6.41 Å². The lowest BCUT2D eigenvalue weighted by Crippen LogP contribution is -2.58. The van der Waals surface area contributed by atoms with Crippen molar-refractivity contribution in [3.8, 4) is 0 Å². The Bertz CT molecular complexity index is 262. The molecule has 126 valence electrons. The minimum absolute atomic E-state index is 0.00588. The van der Waals surface area contributed by atoms with Gasteiger partial charge in [0.05, 0.1) is 11.7 Å². The minimum atomic E-state index is 0.00588. The summed E-state index contributed by atoms with van der Waals surface area (Å²) in [6.07, 6.45) is 3.20. The number of piperidine rings is 1. The number of morpholine rings is 1. The minimum Gasteiger partial charge on any atom is -0.369 e. The monoisotopic (exact) mass is 301 g/mol. The van der Waals surface area contributed by atoms with Crippen molar-refractivity contribution in [2.75, 3.05) is 54.4 Å². The van der Waals surface area contributed by atoms with Gasteiger partial charge >= 0.3 is 0 Å². The number of ether oxygens (including phenoxy) is 1. The molecule has 2 fully saturated rings. The lowest BCUT2D eigenvalue weighted by atomic mass is 9.89. The van der Waals surface area contributed by atoms with E-state index in [1.165, 1.54) is 0 Å². The molecule has 0 aromatic rings. The Kier molecular flexibility index (Phi) is 9.83. The van der Waals surface area contributed by atoms with E-state index < -0.39 is 0 Å². The van der Waals surface area contributed by atoms with Gasteiger partial charge in [0.1, 0.15) is 0 Å². The average molecular weight is 301 g/mol. The molecule has 1 spiro atoms. The number of hydrogen-bond donors (Lipinski definition) is 0. The number of likely N-dealkylation sites (tertiary alicyclic amines) is 1. The van der Waals surface area contributed by atoms with Crippen LogP contribution in [0.4, 0.5) is 0 Å². The van der Waals surface area contributed by atoms with Gasteiger partial charge in [0.15, 0.2) is 0 Å². The Morgan fingerprint density at radius 1 is 1.19 bits per heavy atom. The van der Waals surface area contributed by atoms with Crippen LogP contribution < -0.4 is 0 Å². The van der Waals surface area contributed by atoms with Gasteiger partial charge in [-0.3, -0.25) is 4.79 Å². The maximum Gasteiger partial charge on any atom is 0.209 e. The first-order valence-corrected chi connectivity index (χ1v) is 8.03. The number of nitrogens with zero attached hydrogens (tertiary/aromatic N) is 3. The number of carbonyl (C=O) groups excluding carboxylic acids is 1. The van der Waals surface area contributed by atoms with Crippen molar-refractivity contribution in [3.63, 3.8) is 0 Å². The largest absolute Gasteiger partial charge is 0.369 e. The molecule has 5 nitrogen and oxygen atoms in total. The van der Waals surface area contributed by atoms with Gasteiger partial charge in [0, 0.05) is 26.2 Å². The fourth-order valence-corrected chi connectivity index (χ4v) is 2.81. The second-order valence-electron chi connectivity index (χ2n) is 6.29. The second-order valence-corrected chi connectivity index (χ2v) is 6.29. The molecule has 2 saturated heterocycles. The van der Waals surface area contributed by atoms with Crippen LogP contribution in [-0.4, -0.2) is 87.2 Å². The van der Waals surface area contributed by atoms with Gasteiger partial charge in [-0.25, -0.2) is 0 Å². The van der Waals surface area contributed by atoms with E-state index in [2.05, 4.69) is 18.9 Å². The molecular formula is C16H35N3O2. The number of likely N-dealkylation sites (N-methyl/N-ethyl adjacent to an activating group) is 1. The molecular weight excluding hydrogens is 266 g/mol. The van der Waals surface area contributed by atoms with Gasteiger partial charge in [0.2, 0.25) is 6.41 Å². The summed E-state index contributed by atoms with van der Waals surface area (Å²) >= 11 is 0. The molecule has 0 bridgehead atoms. The van der Waals surface area contributed by atoms with Crippen molar-refractivity contribution in [3.05, 3.63) is 0 Å². The Morgan fingerprint density at radius 3 is 2.05 bits per heavy atom. The van der Waals surface area contributed by atoms with E-state index in [0.29, 0.717) is 6.10 Å². The highest BCUT2D eigenvalue weighted by Gasteiger charge is 2.40. The SMILES string of the molecule is CC.CC1CN(C)CC2(CCN(C=O)CC2)O1.CN(C)C. The predicted molar refractivity (Wildman–Crippen MR) is 88.6 cm³/mol. The van der Waals surface area contributed by atoms with E-state index in [-0.39, 0.29) is 5.60 Å². The van der Waals surface area contributed by atoms with Gasteiger partial charge in [-0.2, -0.15) is 0 Å². The average Bonchev–Trinajstić information content (AvgIpc) is 2.40. The molecule has 21 heavy (non-hydrogen) atoms. The second kappa shape index (κ2) is 10.1. The van der Waals surface area contributed by atoms with Crippen LogP contribution in [0, 0.1) is 0 Å². The van der Waals surface area contributed by atoms with Crippen LogP contribution in [0.2, 0.25) is 0 Å². The molecule has 1 atom stereocenters. The first-order chi connectivity index (χ1) is 9.87. The van der Waals surface area contributed by atoms with Crippen LogP contribution in [0.3, 0.4) is 0 Å². The van der Waals surface area contributed by atoms with Crippen molar-refractivity contribution in [1.29, 1.82) is 0 Å². The van der Waals surface area contributed by atoms with Crippen LogP contribution >= 0.6 is 0 Å². The van der Waals surface area contributed by atoms with Crippen molar-refractivity contribution in [1.82, 2.24) is 14.7 Å². The predicted octanol–water partition coefficient (Wildman–Crippen LogP) is 1.53. The zero-order valence-electron chi connectivity index (χ0n) is 15.1. The Labute approximate surface area is 131 Å². The third kappa shape index (κ3) is 7.79. The zero-order valence-corrected chi connectivity index (χ0v) is 15.1. The summed E-state index contributed by atoms with van der Waals surface area (Å²) in [6, 6.07) is 0. The Balaban J connectivity index is 0.000000579. The summed E-state index contributed by atoms with van der Waals surface area (Å²) in [5.41, 5.74) is 0.00588. The molecule has 5 heteroatoms. The van der Waals surface area contributed by atoms with Crippen molar-refractivity contribution < 1.29 is 9.53 Å². The summed E-state index contributed by atoms with van der Waals surface area (Å²) < 4.78 is 6.09. The molecule has 1 unspecified atom stereocenters. The van der Waals surface area contributed by atoms with E-state index in [0.717, 1.165) is 45.4 Å². The highest BCUT2D eigenvalue weighted by molar-refractivity contribution is 5.47. The molecule has 0 aliphatic carbocycles. The smallest absolute Gasteiger partial charge is 0.209 e. The van der Waals surface area contributed by atoms with Crippen LogP contribution in [0.15, 0.2) is 0 Å². The molecule has 2 aliphatic heterocycles. The third-order valence-corrected chi connectivity index (χ3v) is 3.44. The number of carbonyl (C=O) groups is 1. The first-order valence-electron chi connectivity index (χ1n) is 8.03. The maximum absolute atomic E-state index is 10.6. The molecule has 2 rings (SSSR count). The number of amides is 1. The molecule has 0 aromatic heterocycles. The maximum atomic E-state index is 10.6. The lowest BCUT2D eigenvalue weighted by Gasteiger charge is -2.48. The third-order valence-electron chi connectivity index (χ3n) is 3.44. The van der Waals surface area contributed by atoms with Crippen LogP contribution in [0.5, 0.6) is 0 Å². The van der Waals surface area contributed by atoms with Gasteiger partial charge in [-0.1, -0.05) is 13.8 Å². The normalized spacial score (nSPS) is 24.8. The zero-order chi connectivity index (χ0) is 16.5. The summed E-state index contributed by atoms with van der Waals surface area (Å²) in [5, 5.41) is 0. The van der Waals surface area contributed by atoms with Gasteiger partial charge in [-0.15, -0.1) is 0 Å². The quantitative estimate of drug-likeness (QED) is 0.688. The molecule has 1 amide bonds. The molecule has 2 aliphatic rings. The van der Waals surface area contributed by atoms with Crippen LogP contribution in [0.1, 0.15) is 33.6 Å². The van der Waals surface area contributed by atoms with E-state index in [1.54, 1.807) is 0 Å². The van der Waals surface area contributed by atoms with Gasteiger partial charge in [-0.05, 0) is 48.0 Å². The molecule has 0 saturated carbocycles. The van der Waals surface area contributed by atoms with Gasteiger partial charge < -0.3 is 19.4 Å². The van der Waals surface area contributed by atoms with Gasteiger partial charge in [0.25, 0.3) is 0 Å². The molecule has 0 N–H and O–H groups in total. The van der Waals surface area contributed by atoms with Crippen molar-refractivity contribution in [2.24, 2.45) is 0 Å². The Morgan fingerprint density at radius 2 is 1.67 bits per heavy atom.